The number of β-amino-alcohol motifs (C(OH)–C–C–N with tert-alkyl or cyclic N) is 1. The van der Waals surface area contributed by atoms with E-state index < -0.39 is 29.7 Å². The second-order valence-corrected chi connectivity index (χ2v) is 21.5. The molecule has 0 aliphatic carbocycles. The highest BCUT2D eigenvalue weighted by molar-refractivity contribution is 6.03. The SMILES string of the molecule is C#Cc1c(F)ccc2cc(O)cc(-c3ncc4c(N5CC6CCC(C5)N6)nc(OCCN5CCC(COc6cc([C@@H](C(=O)N7C[C@H](O)C[C@H]7C(=O)N[C@@H](C)c7ccc(-c8ccnn8C)cc7)C(C)C)on6)CC5)nc4c3F)c12. The number of hydrogen-bond donors (Lipinski definition) is 4. The number of rotatable bonds is 16. The molecular weight excluding hydrogens is 1000 g/mol. The number of pyridine rings is 1. The van der Waals surface area contributed by atoms with Crippen molar-refractivity contribution < 1.29 is 42.6 Å². The standard InChI is InChI=1S/C58H63F2N11O7/c1-6-42-45(59)14-11-37-23-40(72)24-43(51(37)42)53-52(60)54-44(27-61-53)55(70-28-38-12-13-39(29-70)64-38)66-58(65-54)76-22-21-69-19-16-34(17-20-69)31-77-49-26-48(78-67-49)50(32(2)3)57(75)71-30-41(73)25-47(71)56(74)63-33(4)35-7-9-36(10-8-35)46-15-18-62-68(46)5/h1,7-11,14-15,18,23-24,26-27,32-34,38-39,41,47,50,64,72-73H,12-13,16-17,19-22,25,28-31H2,2-5H3,(H,63,74)/t33-,38?,39?,41+,47-,50-/m0/s1. The maximum Gasteiger partial charge on any atom is 0.319 e. The van der Waals surface area contributed by atoms with Crippen molar-refractivity contribution in [1.82, 2.24) is 50.3 Å². The largest absolute Gasteiger partial charge is 0.508 e. The number of hydrogen-bond acceptors (Lipinski definition) is 15. The van der Waals surface area contributed by atoms with Crippen LogP contribution in [-0.4, -0.2) is 138 Å². The molecule has 78 heavy (non-hydrogen) atoms. The number of nitrogens with zero attached hydrogens (tertiary/aromatic N) is 9. The zero-order valence-electron chi connectivity index (χ0n) is 44.0. The number of phenolic OH excluding ortho intramolecular Hbond substituents is 1. The normalized spacial score (nSPS) is 20.6. The number of carbonyl (C=O) groups is 2. The van der Waals surface area contributed by atoms with Crippen LogP contribution in [0.4, 0.5) is 14.6 Å². The molecule has 18 nitrogen and oxygen atoms in total. The van der Waals surface area contributed by atoms with Crippen molar-refractivity contribution in [2.24, 2.45) is 18.9 Å². The Kier molecular flexibility index (Phi) is 14.7. The number of aliphatic hydroxyl groups excluding tert-OH is 1. The molecule has 4 N–H and O–H groups in total. The molecule has 20 heteroatoms. The number of likely N-dealkylation sites (tertiary alicyclic amines) is 2. The summed E-state index contributed by atoms with van der Waals surface area (Å²) in [7, 11) is 1.88. The lowest BCUT2D eigenvalue weighted by Crippen LogP contribution is -2.51. The van der Waals surface area contributed by atoms with E-state index >= 15 is 8.78 Å². The van der Waals surface area contributed by atoms with E-state index in [9.17, 15) is 19.8 Å². The molecule has 7 aromatic rings. The topological polar surface area (TPSA) is 209 Å². The smallest absolute Gasteiger partial charge is 0.319 e. The van der Waals surface area contributed by atoms with Crippen LogP contribution in [0.3, 0.4) is 0 Å². The number of aliphatic hydroxyl groups is 1. The molecule has 4 saturated heterocycles. The van der Waals surface area contributed by atoms with E-state index in [0.29, 0.717) is 48.6 Å². The summed E-state index contributed by atoms with van der Waals surface area (Å²) < 4.78 is 52.0. The fourth-order valence-corrected chi connectivity index (χ4v) is 11.8. The number of phenols is 1. The predicted molar refractivity (Wildman–Crippen MR) is 288 cm³/mol. The Labute approximate surface area is 450 Å². The van der Waals surface area contributed by atoms with Gasteiger partial charge in [-0.3, -0.25) is 24.2 Å². The number of ether oxygens (including phenoxy) is 2. The van der Waals surface area contributed by atoms with Crippen molar-refractivity contribution in [3.05, 3.63) is 102 Å². The van der Waals surface area contributed by atoms with E-state index in [0.717, 1.165) is 55.6 Å². The lowest BCUT2D eigenvalue weighted by atomic mass is 9.91. The maximum absolute atomic E-state index is 17.1. The van der Waals surface area contributed by atoms with Gasteiger partial charge in [-0.1, -0.05) is 50.1 Å². The van der Waals surface area contributed by atoms with Gasteiger partial charge < -0.3 is 44.6 Å². The third-order valence-electron chi connectivity index (χ3n) is 15.9. The van der Waals surface area contributed by atoms with Crippen LogP contribution in [0.1, 0.15) is 81.7 Å². The Hall–Kier alpha value is -7.73. The van der Waals surface area contributed by atoms with Gasteiger partial charge in [0.05, 0.1) is 35.4 Å². The van der Waals surface area contributed by atoms with Crippen LogP contribution >= 0.6 is 0 Å². The number of halogens is 2. The van der Waals surface area contributed by atoms with Crippen LogP contribution in [0.15, 0.2) is 77.6 Å². The lowest BCUT2D eigenvalue weighted by Gasteiger charge is -2.34. The molecule has 0 spiro atoms. The monoisotopic (exact) mass is 1060 g/mol. The first kappa shape index (κ1) is 52.3. The molecule has 406 valence electrons. The number of anilines is 1. The van der Waals surface area contributed by atoms with Gasteiger partial charge in [-0.05, 0) is 103 Å². The summed E-state index contributed by atoms with van der Waals surface area (Å²) in [6.45, 7) is 9.79. The van der Waals surface area contributed by atoms with Crippen LogP contribution < -0.4 is 25.0 Å². The molecular formula is C58H63F2N11O7. The van der Waals surface area contributed by atoms with Crippen LogP contribution in [-0.2, 0) is 16.6 Å². The number of benzene rings is 3. The second-order valence-electron chi connectivity index (χ2n) is 21.5. The summed E-state index contributed by atoms with van der Waals surface area (Å²) in [5.74, 6) is 0.469. The molecule has 8 heterocycles. The first-order valence-corrected chi connectivity index (χ1v) is 26.8. The Morgan fingerprint density at radius 1 is 0.974 bits per heavy atom. The number of fused-ring (bicyclic) bond motifs is 4. The second kappa shape index (κ2) is 22.0. The van der Waals surface area contributed by atoms with Crippen LogP contribution in [0.5, 0.6) is 17.6 Å². The summed E-state index contributed by atoms with van der Waals surface area (Å²) in [6.07, 6.45) is 12.0. The average Bonchev–Trinajstić information content (AvgIpc) is 4.37. The minimum atomic E-state index is -0.868. The van der Waals surface area contributed by atoms with E-state index in [4.69, 9.17) is 25.4 Å². The molecule has 2 amide bonds. The summed E-state index contributed by atoms with van der Waals surface area (Å²) in [5, 5.41) is 37.6. The van der Waals surface area contributed by atoms with Gasteiger partial charge in [0.25, 0.3) is 5.88 Å². The molecule has 0 saturated carbocycles. The van der Waals surface area contributed by atoms with Crippen molar-refractivity contribution in [1.29, 1.82) is 0 Å². The number of aromatic nitrogens is 6. The molecule has 2 unspecified atom stereocenters. The van der Waals surface area contributed by atoms with Gasteiger partial charge in [-0.15, -0.1) is 6.42 Å². The van der Waals surface area contributed by atoms with Crippen molar-refractivity contribution in [2.75, 3.05) is 57.4 Å². The first-order chi connectivity index (χ1) is 37.7. The number of aromatic hydroxyl groups is 1. The van der Waals surface area contributed by atoms with Crippen LogP contribution in [0.2, 0.25) is 0 Å². The van der Waals surface area contributed by atoms with Gasteiger partial charge in [0.2, 0.25) is 11.8 Å². The van der Waals surface area contributed by atoms with Crippen LogP contribution in [0.25, 0.3) is 44.2 Å². The van der Waals surface area contributed by atoms with E-state index in [1.54, 1.807) is 16.9 Å². The zero-order chi connectivity index (χ0) is 54.4. The van der Waals surface area contributed by atoms with Gasteiger partial charge in [-0.25, -0.2) is 8.78 Å². The Balaban J connectivity index is 0.705. The molecule has 2 bridgehead atoms. The quantitative estimate of drug-likeness (QED) is 0.0727. The van der Waals surface area contributed by atoms with E-state index in [1.165, 1.54) is 35.4 Å². The average molecular weight is 1060 g/mol. The molecule has 4 fully saturated rings. The highest BCUT2D eigenvalue weighted by Gasteiger charge is 2.44. The van der Waals surface area contributed by atoms with Gasteiger partial charge in [0, 0.05) is 81.1 Å². The number of piperidine rings is 1. The number of amides is 2. The number of carbonyl (C=O) groups excluding carboxylic acids is 2. The molecule has 11 rings (SSSR count). The Bertz CT molecular complexity index is 3400. The molecule has 4 aromatic heterocycles. The number of terminal acetylenes is 1. The minimum absolute atomic E-state index is 0.0145. The molecule has 3 aromatic carbocycles. The van der Waals surface area contributed by atoms with Crippen molar-refractivity contribution >= 4 is 39.3 Å². The third kappa shape index (κ3) is 10.5. The van der Waals surface area contributed by atoms with Crippen LogP contribution in [0, 0.1) is 35.8 Å². The Morgan fingerprint density at radius 2 is 1.74 bits per heavy atom. The van der Waals surface area contributed by atoms with E-state index in [2.05, 4.69) is 46.6 Å². The summed E-state index contributed by atoms with van der Waals surface area (Å²) in [4.78, 5) is 48.0. The van der Waals surface area contributed by atoms with Crippen molar-refractivity contribution in [3.8, 4) is 52.5 Å². The van der Waals surface area contributed by atoms with E-state index in [1.807, 2.05) is 58.2 Å². The summed E-state index contributed by atoms with van der Waals surface area (Å²) >= 11 is 0. The van der Waals surface area contributed by atoms with Crippen molar-refractivity contribution in [2.45, 2.75) is 89.1 Å². The van der Waals surface area contributed by atoms with Gasteiger partial charge in [0.1, 0.15) is 47.2 Å². The van der Waals surface area contributed by atoms with Gasteiger partial charge in [0.15, 0.2) is 11.6 Å². The molecule has 4 aliphatic heterocycles. The number of piperazine rings is 1. The predicted octanol–water partition coefficient (Wildman–Crippen LogP) is 6.89. The summed E-state index contributed by atoms with van der Waals surface area (Å²) in [6, 6.07) is 16.3. The van der Waals surface area contributed by atoms with E-state index in [-0.39, 0.29) is 107 Å². The molecule has 0 radical (unpaired) electrons. The fraction of sp³-hybridized carbons (Fsp3) is 0.431. The molecule has 6 atom stereocenters. The van der Waals surface area contributed by atoms with Gasteiger partial charge >= 0.3 is 6.01 Å². The van der Waals surface area contributed by atoms with Gasteiger partial charge in [-0.2, -0.15) is 15.1 Å². The minimum Gasteiger partial charge on any atom is -0.508 e. The lowest BCUT2D eigenvalue weighted by molar-refractivity contribution is -0.141. The fourth-order valence-electron chi connectivity index (χ4n) is 11.8. The Morgan fingerprint density at radius 3 is 2.46 bits per heavy atom. The number of aryl methyl sites for hydroxylation is 1. The highest BCUT2D eigenvalue weighted by Crippen LogP contribution is 2.40. The van der Waals surface area contributed by atoms with Crippen molar-refractivity contribution in [3.63, 3.8) is 0 Å². The first-order valence-electron chi connectivity index (χ1n) is 26.8. The zero-order valence-corrected chi connectivity index (χ0v) is 44.0. The summed E-state index contributed by atoms with van der Waals surface area (Å²) in [5.41, 5.74) is 2.78. The molecule has 4 aliphatic rings. The third-order valence-corrected chi connectivity index (χ3v) is 15.9. The maximum atomic E-state index is 17.1. The highest BCUT2D eigenvalue weighted by atomic mass is 19.1. The number of nitrogens with one attached hydrogen (secondary N) is 2.